The monoisotopic (exact) mass is 362 g/mol. The highest BCUT2D eigenvalue weighted by molar-refractivity contribution is 5.94. The van der Waals surface area contributed by atoms with Crippen molar-refractivity contribution in [2.24, 2.45) is 0 Å². The van der Waals surface area contributed by atoms with E-state index >= 15 is 0 Å². The summed E-state index contributed by atoms with van der Waals surface area (Å²) in [6.45, 7) is 1.44. The molecule has 4 rings (SSSR count). The van der Waals surface area contributed by atoms with Crippen molar-refractivity contribution in [3.8, 4) is 11.3 Å². The van der Waals surface area contributed by atoms with Gasteiger partial charge in [0, 0.05) is 17.7 Å². The lowest BCUT2D eigenvalue weighted by Gasteiger charge is -2.33. The van der Waals surface area contributed by atoms with Gasteiger partial charge in [-0.25, -0.2) is 9.37 Å². The Labute approximate surface area is 157 Å². The number of nitrogens with zero attached hydrogens (tertiary/aromatic N) is 2. The van der Waals surface area contributed by atoms with Gasteiger partial charge in [-0.15, -0.1) is 0 Å². The van der Waals surface area contributed by atoms with Crippen molar-refractivity contribution in [1.82, 2.24) is 9.88 Å². The highest BCUT2D eigenvalue weighted by atomic mass is 19.1. The third-order valence-corrected chi connectivity index (χ3v) is 4.60. The van der Waals surface area contributed by atoms with Crippen molar-refractivity contribution in [1.29, 1.82) is 0 Å². The topological polar surface area (TPSA) is 42.4 Å². The van der Waals surface area contributed by atoms with Crippen LogP contribution in [0.15, 0.2) is 72.8 Å². The van der Waals surface area contributed by atoms with Crippen molar-refractivity contribution in [2.75, 3.05) is 19.7 Å². The fourth-order valence-electron chi connectivity index (χ4n) is 3.22. The van der Waals surface area contributed by atoms with Gasteiger partial charge in [-0.1, -0.05) is 36.4 Å². The molecular weight excluding hydrogens is 343 g/mol. The molecule has 1 aromatic heterocycles. The fourth-order valence-corrected chi connectivity index (χ4v) is 3.22. The fraction of sp³-hybridized carbons (Fsp3) is 0.182. The summed E-state index contributed by atoms with van der Waals surface area (Å²) in [4.78, 5) is 19.1. The van der Waals surface area contributed by atoms with E-state index in [-0.39, 0.29) is 17.8 Å². The van der Waals surface area contributed by atoms with Crippen molar-refractivity contribution < 1.29 is 13.9 Å². The second-order valence-corrected chi connectivity index (χ2v) is 6.43. The smallest absolute Gasteiger partial charge is 0.254 e. The Morgan fingerprint density at radius 1 is 1.04 bits per heavy atom. The first-order valence-electron chi connectivity index (χ1n) is 8.89. The predicted molar refractivity (Wildman–Crippen MR) is 101 cm³/mol. The van der Waals surface area contributed by atoms with Crippen molar-refractivity contribution in [3.63, 3.8) is 0 Å². The molecule has 0 spiro atoms. The quantitative estimate of drug-likeness (QED) is 0.704. The molecule has 0 bridgehead atoms. The molecule has 136 valence electrons. The molecule has 0 N–H and O–H groups in total. The van der Waals surface area contributed by atoms with Gasteiger partial charge in [-0.2, -0.15) is 0 Å². The number of halogens is 1. The summed E-state index contributed by atoms with van der Waals surface area (Å²) in [6, 6.07) is 21.2. The van der Waals surface area contributed by atoms with E-state index in [0.717, 1.165) is 5.69 Å². The lowest BCUT2D eigenvalue weighted by atomic mass is 10.1. The molecule has 1 saturated heterocycles. The third-order valence-electron chi connectivity index (χ3n) is 4.60. The molecule has 0 radical (unpaired) electrons. The summed E-state index contributed by atoms with van der Waals surface area (Å²) in [6.07, 6.45) is -0.306. The zero-order valence-electron chi connectivity index (χ0n) is 14.7. The van der Waals surface area contributed by atoms with Crippen LogP contribution in [0.25, 0.3) is 11.3 Å². The number of aromatic nitrogens is 1. The SMILES string of the molecule is O=C(c1ccccc1)N1CCO[C@H](c2cccc(-c3cccc(F)c3)n2)C1. The van der Waals surface area contributed by atoms with E-state index in [0.29, 0.717) is 36.5 Å². The molecule has 1 aliphatic heterocycles. The standard InChI is InChI=1S/C22H19FN2O2/c23-18-9-4-8-17(14-18)19-10-5-11-20(24-19)21-15-25(12-13-27-21)22(26)16-6-2-1-3-7-16/h1-11,14,21H,12-13,15H2/t21-/m0/s1. The Morgan fingerprint density at radius 3 is 2.67 bits per heavy atom. The van der Waals surface area contributed by atoms with E-state index in [1.54, 1.807) is 11.0 Å². The highest BCUT2D eigenvalue weighted by Crippen LogP contribution is 2.25. The number of ether oxygens (including phenoxy) is 1. The van der Waals surface area contributed by atoms with Gasteiger partial charge >= 0.3 is 0 Å². The Morgan fingerprint density at radius 2 is 1.85 bits per heavy atom. The number of amides is 1. The summed E-state index contributed by atoms with van der Waals surface area (Å²) in [5.41, 5.74) is 2.80. The summed E-state index contributed by atoms with van der Waals surface area (Å²) in [5.74, 6) is -0.307. The molecule has 5 heteroatoms. The second-order valence-electron chi connectivity index (χ2n) is 6.43. The van der Waals surface area contributed by atoms with E-state index in [2.05, 4.69) is 4.98 Å². The number of hydrogen-bond acceptors (Lipinski definition) is 3. The first-order valence-corrected chi connectivity index (χ1v) is 8.89. The number of hydrogen-bond donors (Lipinski definition) is 0. The summed E-state index contributed by atoms with van der Waals surface area (Å²) in [5, 5.41) is 0. The maximum absolute atomic E-state index is 13.5. The van der Waals surface area contributed by atoms with E-state index < -0.39 is 0 Å². The molecule has 27 heavy (non-hydrogen) atoms. The maximum atomic E-state index is 13.5. The van der Waals surface area contributed by atoms with Gasteiger partial charge in [0.05, 0.1) is 24.5 Å². The molecule has 1 aliphatic rings. The minimum Gasteiger partial charge on any atom is -0.368 e. The highest BCUT2D eigenvalue weighted by Gasteiger charge is 2.27. The predicted octanol–water partition coefficient (Wildman–Crippen LogP) is 4.10. The molecule has 0 saturated carbocycles. The minimum atomic E-state index is -0.306. The van der Waals surface area contributed by atoms with Crippen molar-refractivity contribution >= 4 is 5.91 Å². The molecule has 1 fully saturated rings. The van der Waals surface area contributed by atoms with Crippen LogP contribution in [0.3, 0.4) is 0 Å². The molecule has 1 atom stereocenters. The molecule has 4 nitrogen and oxygen atoms in total. The van der Waals surface area contributed by atoms with Crippen LogP contribution in [-0.4, -0.2) is 35.5 Å². The van der Waals surface area contributed by atoms with Gasteiger partial charge in [-0.05, 0) is 36.4 Å². The zero-order valence-corrected chi connectivity index (χ0v) is 14.7. The second kappa shape index (κ2) is 7.68. The van der Waals surface area contributed by atoms with E-state index in [4.69, 9.17) is 4.74 Å². The van der Waals surface area contributed by atoms with Crippen LogP contribution >= 0.6 is 0 Å². The summed E-state index contributed by atoms with van der Waals surface area (Å²) in [7, 11) is 0. The molecule has 3 aromatic rings. The van der Waals surface area contributed by atoms with E-state index in [9.17, 15) is 9.18 Å². The van der Waals surface area contributed by atoms with Crippen LogP contribution in [0.4, 0.5) is 4.39 Å². The maximum Gasteiger partial charge on any atom is 0.254 e. The number of benzene rings is 2. The Hall–Kier alpha value is -3.05. The molecular formula is C22H19FN2O2. The molecule has 0 aliphatic carbocycles. The lowest BCUT2D eigenvalue weighted by molar-refractivity contribution is -0.0246. The van der Waals surface area contributed by atoms with Gasteiger partial charge in [0.25, 0.3) is 5.91 Å². The number of rotatable bonds is 3. The Bertz CT molecular complexity index is 946. The Balaban J connectivity index is 1.55. The average molecular weight is 362 g/mol. The largest absolute Gasteiger partial charge is 0.368 e. The number of carbonyl (C=O) groups excluding carboxylic acids is 1. The Kier molecular flexibility index (Phi) is 4.94. The lowest BCUT2D eigenvalue weighted by Crippen LogP contribution is -2.42. The van der Waals surface area contributed by atoms with Crippen LogP contribution in [0.1, 0.15) is 22.2 Å². The molecule has 2 heterocycles. The average Bonchev–Trinajstić information content (AvgIpc) is 2.74. The third kappa shape index (κ3) is 3.88. The molecule has 2 aromatic carbocycles. The van der Waals surface area contributed by atoms with Crippen LogP contribution in [0.5, 0.6) is 0 Å². The minimum absolute atomic E-state index is 0.00909. The van der Waals surface area contributed by atoms with Gasteiger partial charge in [0.2, 0.25) is 0 Å². The van der Waals surface area contributed by atoms with Gasteiger partial charge in [0.1, 0.15) is 11.9 Å². The summed E-state index contributed by atoms with van der Waals surface area (Å²) < 4.78 is 19.4. The van der Waals surface area contributed by atoms with Crippen LogP contribution in [0.2, 0.25) is 0 Å². The van der Waals surface area contributed by atoms with E-state index in [1.165, 1.54) is 12.1 Å². The van der Waals surface area contributed by atoms with Crippen molar-refractivity contribution in [3.05, 3.63) is 89.9 Å². The van der Waals surface area contributed by atoms with E-state index in [1.807, 2.05) is 54.6 Å². The van der Waals surface area contributed by atoms with Gasteiger partial charge in [0.15, 0.2) is 0 Å². The van der Waals surface area contributed by atoms with Gasteiger partial charge < -0.3 is 9.64 Å². The summed E-state index contributed by atoms with van der Waals surface area (Å²) >= 11 is 0. The number of carbonyl (C=O) groups is 1. The molecule has 0 unspecified atom stereocenters. The van der Waals surface area contributed by atoms with Crippen LogP contribution in [-0.2, 0) is 4.74 Å². The number of pyridine rings is 1. The first-order chi connectivity index (χ1) is 13.2. The van der Waals surface area contributed by atoms with Gasteiger partial charge in [-0.3, -0.25) is 4.79 Å². The zero-order chi connectivity index (χ0) is 18.6. The first kappa shape index (κ1) is 17.4. The normalized spacial score (nSPS) is 16.9. The molecule has 1 amide bonds. The number of morpholine rings is 1. The van der Waals surface area contributed by atoms with Crippen molar-refractivity contribution in [2.45, 2.75) is 6.10 Å². The van der Waals surface area contributed by atoms with Crippen LogP contribution < -0.4 is 0 Å². The van der Waals surface area contributed by atoms with Crippen LogP contribution in [0, 0.1) is 5.82 Å².